The first-order chi connectivity index (χ1) is 10.1. The van der Waals surface area contributed by atoms with Crippen LogP contribution in [0, 0.1) is 0 Å². The summed E-state index contributed by atoms with van der Waals surface area (Å²) in [5.74, 6) is -0.103. The van der Waals surface area contributed by atoms with Gasteiger partial charge in [-0.05, 0) is 12.1 Å². The van der Waals surface area contributed by atoms with Gasteiger partial charge in [-0.15, -0.1) is 12.4 Å². The molecular weight excluding hydrogens is 322 g/mol. The van der Waals surface area contributed by atoms with E-state index >= 15 is 0 Å². The number of nitrogens with one attached hydrogen (secondary N) is 2. The van der Waals surface area contributed by atoms with Crippen LogP contribution in [0.3, 0.4) is 0 Å². The third-order valence-electron chi connectivity index (χ3n) is 2.45. The lowest BCUT2D eigenvalue weighted by molar-refractivity contribution is -0.115. The van der Waals surface area contributed by atoms with Gasteiger partial charge in [0.15, 0.2) is 0 Å². The number of anilines is 1. The van der Waals surface area contributed by atoms with Crippen molar-refractivity contribution in [2.45, 2.75) is 6.61 Å². The number of halogens is 3. The van der Waals surface area contributed by atoms with Crippen LogP contribution in [0.15, 0.2) is 18.2 Å². The first-order valence-corrected chi connectivity index (χ1v) is 6.19. The van der Waals surface area contributed by atoms with Crippen LogP contribution in [0.5, 0.6) is 11.5 Å². The molecule has 0 radical (unpaired) electrons. The van der Waals surface area contributed by atoms with E-state index in [-0.39, 0.29) is 30.4 Å². The fourth-order valence-corrected chi connectivity index (χ4v) is 1.50. The van der Waals surface area contributed by atoms with Crippen LogP contribution < -0.4 is 20.1 Å². The van der Waals surface area contributed by atoms with Gasteiger partial charge in [-0.2, -0.15) is 8.78 Å². The summed E-state index contributed by atoms with van der Waals surface area (Å²) < 4.78 is 38.8. The lowest BCUT2D eigenvalue weighted by Crippen LogP contribution is -2.30. The van der Waals surface area contributed by atoms with Crippen LogP contribution in [0.2, 0.25) is 0 Å². The van der Waals surface area contributed by atoms with E-state index in [1.165, 1.54) is 25.3 Å². The summed E-state index contributed by atoms with van der Waals surface area (Å²) in [6.45, 7) is -1.99. The Hall–Kier alpha value is -1.64. The second kappa shape index (κ2) is 11.0. The average molecular weight is 341 g/mol. The molecule has 0 aliphatic carbocycles. The van der Waals surface area contributed by atoms with Crippen molar-refractivity contribution < 1.29 is 27.8 Å². The molecule has 0 aliphatic rings. The van der Waals surface area contributed by atoms with Crippen LogP contribution in [0.1, 0.15) is 0 Å². The average Bonchev–Trinajstić information content (AvgIpc) is 2.45. The van der Waals surface area contributed by atoms with Gasteiger partial charge in [-0.25, -0.2) is 0 Å². The zero-order valence-electron chi connectivity index (χ0n) is 12.2. The van der Waals surface area contributed by atoms with Gasteiger partial charge in [-0.3, -0.25) is 4.79 Å². The molecule has 0 fully saturated rings. The quantitative estimate of drug-likeness (QED) is 0.672. The molecule has 0 unspecified atom stereocenters. The van der Waals surface area contributed by atoms with Gasteiger partial charge >= 0.3 is 6.61 Å². The van der Waals surface area contributed by atoms with E-state index in [1.54, 1.807) is 7.11 Å². The highest BCUT2D eigenvalue weighted by molar-refractivity contribution is 5.94. The van der Waals surface area contributed by atoms with Crippen molar-refractivity contribution >= 4 is 24.0 Å². The predicted molar refractivity (Wildman–Crippen MR) is 80.2 cm³/mol. The van der Waals surface area contributed by atoms with Crippen molar-refractivity contribution in [3.8, 4) is 11.5 Å². The normalized spacial score (nSPS) is 10.0. The number of benzene rings is 1. The van der Waals surface area contributed by atoms with Crippen LogP contribution in [0.25, 0.3) is 0 Å². The zero-order valence-corrected chi connectivity index (χ0v) is 13.0. The highest BCUT2D eigenvalue weighted by Crippen LogP contribution is 2.30. The highest BCUT2D eigenvalue weighted by Gasteiger charge is 2.13. The van der Waals surface area contributed by atoms with Gasteiger partial charge in [0.2, 0.25) is 5.91 Å². The number of hydrogen-bond donors (Lipinski definition) is 2. The number of methoxy groups -OCH3 is 2. The van der Waals surface area contributed by atoms with Gasteiger partial charge in [0, 0.05) is 19.7 Å². The molecule has 0 bridgehead atoms. The summed E-state index contributed by atoms with van der Waals surface area (Å²) in [4.78, 5) is 11.7. The van der Waals surface area contributed by atoms with E-state index in [4.69, 9.17) is 9.47 Å². The number of ether oxygens (including phenoxy) is 3. The van der Waals surface area contributed by atoms with E-state index in [2.05, 4.69) is 15.4 Å². The second-order valence-electron chi connectivity index (χ2n) is 3.96. The van der Waals surface area contributed by atoms with Crippen molar-refractivity contribution in [2.24, 2.45) is 0 Å². The monoisotopic (exact) mass is 340 g/mol. The number of carbonyl (C=O) groups is 1. The minimum Gasteiger partial charge on any atom is -0.497 e. The molecule has 22 heavy (non-hydrogen) atoms. The Morgan fingerprint density at radius 2 is 2.05 bits per heavy atom. The third-order valence-corrected chi connectivity index (χ3v) is 2.45. The molecule has 1 amide bonds. The van der Waals surface area contributed by atoms with Crippen molar-refractivity contribution in [2.75, 3.05) is 39.2 Å². The topological polar surface area (TPSA) is 68.8 Å². The molecule has 2 N–H and O–H groups in total. The van der Waals surface area contributed by atoms with Crippen LogP contribution in [-0.4, -0.2) is 46.4 Å². The van der Waals surface area contributed by atoms with E-state index in [9.17, 15) is 13.6 Å². The molecule has 0 saturated carbocycles. The number of hydrogen-bond acceptors (Lipinski definition) is 5. The maximum atomic E-state index is 12.3. The van der Waals surface area contributed by atoms with E-state index in [1.807, 2.05) is 0 Å². The summed E-state index contributed by atoms with van der Waals surface area (Å²) in [5.41, 5.74) is 0.119. The fraction of sp³-hybridized carbons (Fsp3) is 0.462. The van der Waals surface area contributed by atoms with E-state index in [0.29, 0.717) is 18.9 Å². The van der Waals surface area contributed by atoms with Gasteiger partial charge in [0.25, 0.3) is 0 Å². The Balaban J connectivity index is 0.00000441. The van der Waals surface area contributed by atoms with Gasteiger partial charge in [-0.1, -0.05) is 0 Å². The number of alkyl halides is 2. The minimum atomic E-state index is -2.98. The molecule has 0 atom stereocenters. The van der Waals surface area contributed by atoms with Crippen molar-refractivity contribution in [1.82, 2.24) is 5.32 Å². The standard InChI is InChI=1S/C13H18F2N2O4.ClH/c1-19-6-5-16-8-12(18)17-10-7-9(20-2)3-4-11(10)21-13(14)15;/h3-4,7,13,16H,5-6,8H2,1-2H3,(H,17,18);1H. The molecule has 6 nitrogen and oxygen atoms in total. The van der Waals surface area contributed by atoms with E-state index < -0.39 is 12.5 Å². The SMILES string of the molecule is COCCNCC(=O)Nc1cc(OC)ccc1OC(F)F.Cl. The lowest BCUT2D eigenvalue weighted by Gasteiger charge is -2.13. The van der Waals surface area contributed by atoms with Crippen LogP contribution in [0.4, 0.5) is 14.5 Å². The molecule has 1 aromatic rings. The van der Waals surface area contributed by atoms with E-state index in [0.717, 1.165) is 0 Å². The summed E-state index contributed by atoms with van der Waals surface area (Å²) in [7, 11) is 2.98. The maximum Gasteiger partial charge on any atom is 0.387 e. The maximum absolute atomic E-state index is 12.3. The lowest BCUT2D eigenvalue weighted by atomic mass is 10.2. The Bertz CT molecular complexity index is 464. The van der Waals surface area contributed by atoms with Crippen molar-refractivity contribution in [1.29, 1.82) is 0 Å². The third kappa shape index (κ3) is 7.39. The molecule has 0 aromatic heterocycles. The number of rotatable bonds is 9. The molecular formula is C13H19ClF2N2O4. The smallest absolute Gasteiger partial charge is 0.387 e. The molecule has 126 valence electrons. The summed E-state index contributed by atoms with van der Waals surface area (Å²) >= 11 is 0. The minimum absolute atomic E-state index is 0. The molecule has 9 heteroatoms. The van der Waals surface area contributed by atoms with Gasteiger partial charge < -0.3 is 24.8 Å². The number of carbonyl (C=O) groups excluding carboxylic acids is 1. The Kier molecular flexibility index (Phi) is 10.2. The fourth-order valence-electron chi connectivity index (χ4n) is 1.50. The van der Waals surface area contributed by atoms with Crippen LogP contribution >= 0.6 is 12.4 Å². The first-order valence-electron chi connectivity index (χ1n) is 6.19. The van der Waals surface area contributed by atoms with Crippen LogP contribution in [-0.2, 0) is 9.53 Å². The molecule has 1 rings (SSSR count). The zero-order chi connectivity index (χ0) is 15.7. The largest absolute Gasteiger partial charge is 0.497 e. The molecule has 1 aromatic carbocycles. The second-order valence-corrected chi connectivity index (χ2v) is 3.96. The van der Waals surface area contributed by atoms with Crippen molar-refractivity contribution in [3.63, 3.8) is 0 Å². The highest BCUT2D eigenvalue weighted by atomic mass is 35.5. The predicted octanol–water partition coefficient (Wildman–Crippen LogP) is 1.89. The Morgan fingerprint density at radius 3 is 2.64 bits per heavy atom. The van der Waals surface area contributed by atoms with Crippen molar-refractivity contribution in [3.05, 3.63) is 18.2 Å². The summed E-state index contributed by atoms with van der Waals surface area (Å²) in [6, 6.07) is 4.17. The Morgan fingerprint density at radius 1 is 1.32 bits per heavy atom. The Labute approximate surface area is 133 Å². The number of amides is 1. The molecule has 0 aliphatic heterocycles. The van der Waals surface area contributed by atoms with Gasteiger partial charge in [0.05, 0.1) is 25.9 Å². The molecule has 0 heterocycles. The van der Waals surface area contributed by atoms with Gasteiger partial charge in [0.1, 0.15) is 11.5 Å². The molecule has 0 spiro atoms. The summed E-state index contributed by atoms with van der Waals surface area (Å²) in [5, 5.41) is 5.32. The first kappa shape index (κ1) is 20.4. The molecule has 0 saturated heterocycles. The summed E-state index contributed by atoms with van der Waals surface area (Å²) in [6.07, 6.45) is 0.